The molecule has 2 heteroatoms. The van der Waals surface area contributed by atoms with E-state index in [0.29, 0.717) is 6.61 Å². The standard InChI is InChI=1S/C15H20O2/c1-3-5-11-14(4-2)15(16)17-12-13-9-7-6-8-10-13/h3,5-10,14H,4,11-12H2,1-2H3. The van der Waals surface area contributed by atoms with Gasteiger partial charge in [-0.15, -0.1) is 0 Å². The molecule has 1 aromatic carbocycles. The van der Waals surface area contributed by atoms with Crippen LogP contribution in [0.25, 0.3) is 0 Å². The Kier molecular flexibility index (Phi) is 6.08. The summed E-state index contributed by atoms with van der Waals surface area (Å²) in [7, 11) is 0. The molecular formula is C15H20O2. The monoisotopic (exact) mass is 232 g/mol. The smallest absolute Gasteiger partial charge is 0.309 e. The molecule has 1 atom stereocenters. The van der Waals surface area contributed by atoms with E-state index in [9.17, 15) is 4.79 Å². The van der Waals surface area contributed by atoms with Crippen LogP contribution in [-0.4, -0.2) is 5.97 Å². The molecule has 0 heterocycles. The number of allylic oxidation sites excluding steroid dienone is 2. The Morgan fingerprint density at radius 1 is 1.35 bits per heavy atom. The maximum atomic E-state index is 11.8. The topological polar surface area (TPSA) is 26.3 Å². The molecule has 0 saturated carbocycles. The van der Waals surface area contributed by atoms with Gasteiger partial charge >= 0.3 is 5.97 Å². The molecule has 92 valence electrons. The molecule has 1 unspecified atom stereocenters. The van der Waals surface area contributed by atoms with E-state index in [1.807, 2.05) is 56.3 Å². The van der Waals surface area contributed by atoms with Gasteiger partial charge in [0.2, 0.25) is 0 Å². The molecule has 0 aromatic heterocycles. The van der Waals surface area contributed by atoms with E-state index in [1.54, 1.807) is 0 Å². The lowest BCUT2D eigenvalue weighted by Crippen LogP contribution is -2.16. The lowest BCUT2D eigenvalue weighted by atomic mass is 10.0. The van der Waals surface area contributed by atoms with Gasteiger partial charge < -0.3 is 4.74 Å². The van der Waals surface area contributed by atoms with Gasteiger partial charge in [-0.3, -0.25) is 4.79 Å². The largest absolute Gasteiger partial charge is 0.461 e. The van der Waals surface area contributed by atoms with Gasteiger partial charge in [0, 0.05) is 0 Å². The van der Waals surface area contributed by atoms with E-state index in [4.69, 9.17) is 4.74 Å². The van der Waals surface area contributed by atoms with Gasteiger partial charge in [-0.1, -0.05) is 49.4 Å². The van der Waals surface area contributed by atoms with Gasteiger partial charge in [0.25, 0.3) is 0 Å². The van der Waals surface area contributed by atoms with Gasteiger partial charge in [0.1, 0.15) is 6.61 Å². The van der Waals surface area contributed by atoms with Crippen molar-refractivity contribution in [3.8, 4) is 0 Å². The maximum Gasteiger partial charge on any atom is 0.309 e. The SMILES string of the molecule is CC=CCC(CC)C(=O)OCc1ccccc1. The first-order valence-electron chi connectivity index (χ1n) is 6.09. The Morgan fingerprint density at radius 2 is 2.06 bits per heavy atom. The second-order valence-electron chi connectivity index (χ2n) is 4.00. The highest BCUT2D eigenvalue weighted by molar-refractivity contribution is 5.72. The molecule has 17 heavy (non-hydrogen) atoms. The number of esters is 1. The van der Waals surface area contributed by atoms with E-state index >= 15 is 0 Å². The summed E-state index contributed by atoms with van der Waals surface area (Å²) in [6, 6.07) is 9.76. The minimum atomic E-state index is -0.102. The third kappa shape index (κ3) is 4.85. The fraction of sp³-hybridized carbons (Fsp3) is 0.400. The molecule has 0 aliphatic heterocycles. The molecule has 0 spiro atoms. The highest BCUT2D eigenvalue weighted by atomic mass is 16.5. The van der Waals surface area contributed by atoms with Crippen LogP contribution in [0.3, 0.4) is 0 Å². The Bertz CT molecular complexity index is 354. The second-order valence-corrected chi connectivity index (χ2v) is 4.00. The summed E-state index contributed by atoms with van der Waals surface area (Å²) in [5.41, 5.74) is 1.03. The van der Waals surface area contributed by atoms with Crippen LogP contribution in [0.5, 0.6) is 0 Å². The molecule has 0 saturated heterocycles. The van der Waals surface area contributed by atoms with E-state index in [1.165, 1.54) is 0 Å². The first-order valence-corrected chi connectivity index (χ1v) is 6.09. The highest BCUT2D eigenvalue weighted by Gasteiger charge is 2.16. The minimum Gasteiger partial charge on any atom is -0.461 e. The summed E-state index contributed by atoms with van der Waals surface area (Å²) in [6.07, 6.45) is 5.56. The second kappa shape index (κ2) is 7.66. The summed E-state index contributed by atoms with van der Waals surface area (Å²) in [4.78, 5) is 11.8. The van der Waals surface area contributed by atoms with Crippen LogP contribution in [0.2, 0.25) is 0 Å². The average Bonchev–Trinajstić information content (AvgIpc) is 2.38. The molecule has 2 nitrogen and oxygen atoms in total. The molecule has 0 fully saturated rings. The van der Waals surface area contributed by atoms with Crippen molar-refractivity contribution in [2.45, 2.75) is 33.3 Å². The third-order valence-corrected chi connectivity index (χ3v) is 2.71. The minimum absolute atomic E-state index is 0.0186. The zero-order valence-corrected chi connectivity index (χ0v) is 10.6. The Hall–Kier alpha value is -1.57. The zero-order chi connectivity index (χ0) is 12.5. The summed E-state index contributed by atoms with van der Waals surface area (Å²) in [5.74, 6) is -0.121. The van der Waals surface area contributed by atoms with Gasteiger partial charge in [0.05, 0.1) is 5.92 Å². The summed E-state index contributed by atoms with van der Waals surface area (Å²) >= 11 is 0. The van der Waals surface area contributed by atoms with Crippen molar-refractivity contribution in [1.29, 1.82) is 0 Å². The van der Waals surface area contributed by atoms with Crippen molar-refractivity contribution >= 4 is 5.97 Å². The lowest BCUT2D eigenvalue weighted by molar-refractivity contribution is -0.149. The molecule has 0 aliphatic rings. The Morgan fingerprint density at radius 3 is 2.65 bits per heavy atom. The van der Waals surface area contributed by atoms with Crippen molar-refractivity contribution < 1.29 is 9.53 Å². The number of carbonyl (C=O) groups excluding carboxylic acids is 1. The summed E-state index contributed by atoms with van der Waals surface area (Å²) < 4.78 is 5.31. The van der Waals surface area contributed by atoms with E-state index < -0.39 is 0 Å². The predicted octanol–water partition coefficient (Wildman–Crippen LogP) is 3.72. The molecule has 0 bridgehead atoms. The van der Waals surface area contributed by atoms with Gasteiger partial charge in [-0.2, -0.15) is 0 Å². The molecule has 0 aliphatic carbocycles. The quantitative estimate of drug-likeness (QED) is 0.552. The van der Waals surface area contributed by atoms with Crippen LogP contribution < -0.4 is 0 Å². The van der Waals surface area contributed by atoms with Crippen LogP contribution in [0.15, 0.2) is 42.5 Å². The van der Waals surface area contributed by atoms with Crippen molar-refractivity contribution in [2.24, 2.45) is 5.92 Å². The number of hydrogen-bond acceptors (Lipinski definition) is 2. The lowest BCUT2D eigenvalue weighted by Gasteiger charge is -2.12. The predicted molar refractivity (Wildman–Crippen MR) is 69.5 cm³/mol. The fourth-order valence-electron chi connectivity index (χ4n) is 1.58. The van der Waals surface area contributed by atoms with Crippen LogP contribution in [0.4, 0.5) is 0 Å². The van der Waals surface area contributed by atoms with Crippen LogP contribution in [0.1, 0.15) is 32.3 Å². The number of rotatable bonds is 6. The van der Waals surface area contributed by atoms with Crippen molar-refractivity contribution in [3.05, 3.63) is 48.0 Å². The number of benzene rings is 1. The van der Waals surface area contributed by atoms with Gasteiger partial charge in [-0.25, -0.2) is 0 Å². The molecule has 1 rings (SSSR count). The first-order chi connectivity index (χ1) is 8.27. The average molecular weight is 232 g/mol. The third-order valence-electron chi connectivity index (χ3n) is 2.71. The van der Waals surface area contributed by atoms with Crippen molar-refractivity contribution in [2.75, 3.05) is 0 Å². The van der Waals surface area contributed by atoms with Gasteiger partial charge in [0.15, 0.2) is 0 Å². The number of carbonyl (C=O) groups is 1. The Balaban J connectivity index is 2.42. The fourth-order valence-corrected chi connectivity index (χ4v) is 1.58. The molecule has 1 aromatic rings. The van der Waals surface area contributed by atoms with Crippen molar-refractivity contribution in [1.82, 2.24) is 0 Å². The molecule has 0 radical (unpaired) electrons. The van der Waals surface area contributed by atoms with Crippen LogP contribution >= 0.6 is 0 Å². The van der Waals surface area contributed by atoms with Crippen LogP contribution in [0, 0.1) is 5.92 Å². The highest BCUT2D eigenvalue weighted by Crippen LogP contribution is 2.13. The van der Waals surface area contributed by atoms with E-state index in [-0.39, 0.29) is 11.9 Å². The van der Waals surface area contributed by atoms with Crippen LogP contribution in [-0.2, 0) is 16.1 Å². The van der Waals surface area contributed by atoms with Crippen molar-refractivity contribution in [3.63, 3.8) is 0 Å². The Labute approximate surface area is 103 Å². The summed E-state index contributed by atoms with van der Waals surface area (Å²) in [6.45, 7) is 4.34. The number of ether oxygens (including phenoxy) is 1. The first kappa shape index (κ1) is 13.5. The van der Waals surface area contributed by atoms with E-state index in [0.717, 1.165) is 18.4 Å². The normalized spacial score (nSPS) is 12.6. The maximum absolute atomic E-state index is 11.8. The molecular weight excluding hydrogens is 212 g/mol. The number of hydrogen-bond donors (Lipinski definition) is 0. The van der Waals surface area contributed by atoms with E-state index in [2.05, 4.69) is 0 Å². The zero-order valence-electron chi connectivity index (χ0n) is 10.6. The van der Waals surface area contributed by atoms with Gasteiger partial charge in [-0.05, 0) is 25.3 Å². The summed E-state index contributed by atoms with van der Waals surface area (Å²) in [5, 5.41) is 0. The molecule has 0 N–H and O–H groups in total. The molecule has 0 amide bonds.